The van der Waals surface area contributed by atoms with Gasteiger partial charge in [-0.15, -0.1) is 0 Å². The summed E-state index contributed by atoms with van der Waals surface area (Å²) in [5.74, 6) is 0.880. The van der Waals surface area contributed by atoms with Crippen molar-refractivity contribution in [3.8, 4) is 0 Å². The molecule has 3 aliphatic rings. The summed E-state index contributed by atoms with van der Waals surface area (Å²) in [4.78, 5) is 0. The smallest absolute Gasteiger partial charge is 0.0113 e. The van der Waals surface area contributed by atoms with Crippen molar-refractivity contribution >= 4 is 0 Å². The highest BCUT2D eigenvalue weighted by atomic mass is 15.0. The van der Waals surface area contributed by atoms with E-state index in [1.165, 1.54) is 64.3 Å². The summed E-state index contributed by atoms with van der Waals surface area (Å²) in [6.07, 6.45) is 12.1. The largest absolute Gasteiger partial charge is 0.328 e. The summed E-state index contributed by atoms with van der Waals surface area (Å²) in [6.45, 7) is 1.24. The third kappa shape index (κ3) is 2.89. The zero-order valence-electron chi connectivity index (χ0n) is 11.5. The van der Waals surface area contributed by atoms with Crippen LogP contribution in [0.2, 0.25) is 0 Å². The van der Waals surface area contributed by atoms with Crippen LogP contribution in [0.15, 0.2) is 0 Å². The van der Waals surface area contributed by atoms with Crippen LogP contribution in [0.5, 0.6) is 0 Å². The van der Waals surface area contributed by atoms with Crippen molar-refractivity contribution in [1.82, 2.24) is 10.6 Å². The lowest BCUT2D eigenvalue weighted by Gasteiger charge is -2.34. The topological polar surface area (TPSA) is 50.1 Å². The fraction of sp³-hybridized carbons (Fsp3) is 1.00. The molecule has 3 heteroatoms. The molecule has 3 rings (SSSR count). The maximum atomic E-state index is 6.10. The van der Waals surface area contributed by atoms with E-state index in [1.807, 2.05) is 0 Å². The molecule has 3 fully saturated rings. The van der Waals surface area contributed by atoms with E-state index in [2.05, 4.69) is 10.6 Å². The summed E-state index contributed by atoms with van der Waals surface area (Å²) < 4.78 is 0. The van der Waals surface area contributed by atoms with Crippen molar-refractivity contribution in [2.24, 2.45) is 11.7 Å². The van der Waals surface area contributed by atoms with Gasteiger partial charge < -0.3 is 16.4 Å². The first-order valence-corrected chi connectivity index (χ1v) is 8.08. The van der Waals surface area contributed by atoms with Crippen LogP contribution in [-0.4, -0.2) is 30.7 Å². The van der Waals surface area contributed by atoms with Crippen LogP contribution in [0.3, 0.4) is 0 Å². The maximum Gasteiger partial charge on any atom is 0.0113 e. The lowest BCUT2D eigenvalue weighted by atomic mass is 9.88. The minimum atomic E-state index is 0.445. The molecule has 0 amide bonds. The van der Waals surface area contributed by atoms with Gasteiger partial charge in [-0.25, -0.2) is 0 Å². The predicted octanol–water partition coefficient (Wildman–Crippen LogP) is 1.77. The Morgan fingerprint density at radius 2 is 1.83 bits per heavy atom. The van der Waals surface area contributed by atoms with Crippen molar-refractivity contribution < 1.29 is 0 Å². The number of nitrogens with two attached hydrogens (primary N) is 1. The Kier molecular flexibility index (Phi) is 4.22. The van der Waals surface area contributed by atoms with Crippen LogP contribution in [0.25, 0.3) is 0 Å². The highest BCUT2D eigenvalue weighted by Gasteiger charge is 2.36. The molecule has 0 radical (unpaired) electrons. The molecule has 0 aromatic rings. The molecule has 0 bridgehead atoms. The Balaban J connectivity index is 1.54. The second-order valence-corrected chi connectivity index (χ2v) is 6.69. The van der Waals surface area contributed by atoms with E-state index in [0.29, 0.717) is 12.1 Å². The highest BCUT2D eigenvalue weighted by molar-refractivity contribution is 4.95. The average molecular weight is 251 g/mol. The van der Waals surface area contributed by atoms with E-state index in [0.717, 1.165) is 18.0 Å². The van der Waals surface area contributed by atoms with Gasteiger partial charge in [-0.2, -0.15) is 0 Å². The fourth-order valence-electron chi connectivity index (χ4n) is 4.44. The zero-order valence-corrected chi connectivity index (χ0v) is 11.5. The molecule has 1 aliphatic heterocycles. The summed E-state index contributed by atoms with van der Waals surface area (Å²) in [5.41, 5.74) is 6.10. The first-order chi connectivity index (χ1) is 8.83. The van der Waals surface area contributed by atoms with Gasteiger partial charge in [0, 0.05) is 24.2 Å². The molecule has 1 heterocycles. The van der Waals surface area contributed by atoms with Gasteiger partial charge in [-0.05, 0) is 57.4 Å². The molecule has 3 nitrogen and oxygen atoms in total. The molecule has 5 atom stereocenters. The van der Waals surface area contributed by atoms with Crippen molar-refractivity contribution in [3.05, 3.63) is 0 Å². The van der Waals surface area contributed by atoms with Crippen LogP contribution in [0.1, 0.15) is 57.8 Å². The monoisotopic (exact) mass is 251 g/mol. The van der Waals surface area contributed by atoms with Crippen LogP contribution < -0.4 is 16.4 Å². The lowest BCUT2D eigenvalue weighted by molar-refractivity contribution is 0.257. The Morgan fingerprint density at radius 3 is 2.61 bits per heavy atom. The van der Waals surface area contributed by atoms with Crippen molar-refractivity contribution in [1.29, 1.82) is 0 Å². The molecule has 4 N–H and O–H groups in total. The molecule has 0 spiro atoms. The van der Waals surface area contributed by atoms with Gasteiger partial charge in [0.15, 0.2) is 0 Å². The number of hydrogen-bond acceptors (Lipinski definition) is 3. The summed E-state index contributed by atoms with van der Waals surface area (Å²) >= 11 is 0. The van der Waals surface area contributed by atoms with E-state index < -0.39 is 0 Å². The molecule has 0 aromatic heterocycles. The van der Waals surface area contributed by atoms with E-state index in [-0.39, 0.29) is 0 Å². The van der Waals surface area contributed by atoms with Crippen molar-refractivity contribution in [2.75, 3.05) is 6.54 Å². The number of hydrogen-bond donors (Lipinski definition) is 3. The SMILES string of the molecule is NC1CCCC(NC2CCCC2C2CCCN2)C1. The zero-order chi connectivity index (χ0) is 12.4. The molecule has 1 saturated heterocycles. The summed E-state index contributed by atoms with van der Waals surface area (Å²) in [5, 5.41) is 7.67. The van der Waals surface area contributed by atoms with Gasteiger partial charge >= 0.3 is 0 Å². The first-order valence-electron chi connectivity index (χ1n) is 8.08. The molecular weight excluding hydrogens is 222 g/mol. The molecule has 0 aromatic carbocycles. The second kappa shape index (κ2) is 5.89. The van der Waals surface area contributed by atoms with Gasteiger partial charge in [-0.1, -0.05) is 12.8 Å². The number of nitrogens with one attached hydrogen (secondary N) is 2. The molecule has 18 heavy (non-hydrogen) atoms. The predicted molar refractivity (Wildman–Crippen MR) is 75.5 cm³/mol. The van der Waals surface area contributed by atoms with Crippen LogP contribution in [0.4, 0.5) is 0 Å². The Hall–Kier alpha value is -0.120. The van der Waals surface area contributed by atoms with E-state index in [1.54, 1.807) is 0 Å². The van der Waals surface area contributed by atoms with E-state index in [4.69, 9.17) is 5.73 Å². The Bertz CT molecular complexity index is 262. The van der Waals surface area contributed by atoms with Crippen LogP contribution in [0, 0.1) is 5.92 Å². The van der Waals surface area contributed by atoms with Crippen LogP contribution >= 0.6 is 0 Å². The van der Waals surface area contributed by atoms with Crippen molar-refractivity contribution in [3.63, 3.8) is 0 Å². The maximum absolute atomic E-state index is 6.10. The lowest BCUT2D eigenvalue weighted by Crippen LogP contribution is -2.48. The third-order valence-corrected chi connectivity index (χ3v) is 5.35. The van der Waals surface area contributed by atoms with E-state index in [9.17, 15) is 0 Å². The minimum absolute atomic E-state index is 0.445. The molecule has 104 valence electrons. The number of rotatable bonds is 3. The standard InChI is InChI=1S/C15H29N3/c16-11-4-1-5-12(10-11)18-15-7-2-6-13(15)14-8-3-9-17-14/h11-15,17-18H,1-10,16H2. The Labute approximate surface area is 111 Å². The van der Waals surface area contributed by atoms with Gasteiger partial charge in [0.05, 0.1) is 0 Å². The highest BCUT2D eigenvalue weighted by Crippen LogP contribution is 2.33. The molecular formula is C15H29N3. The van der Waals surface area contributed by atoms with Gasteiger partial charge in [0.25, 0.3) is 0 Å². The fourth-order valence-corrected chi connectivity index (χ4v) is 4.44. The normalized spacial score (nSPS) is 45.5. The Morgan fingerprint density at radius 1 is 0.944 bits per heavy atom. The summed E-state index contributed by atoms with van der Waals surface area (Å²) in [7, 11) is 0. The van der Waals surface area contributed by atoms with Crippen LogP contribution in [-0.2, 0) is 0 Å². The second-order valence-electron chi connectivity index (χ2n) is 6.69. The molecule has 2 aliphatic carbocycles. The first kappa shape index (κ1) is 12.9. The van der Waals surface area contributed by atoms with Gasteiger partial charge in [0.2, 0.25) is 0 Å². The van der Waals surface area contributed by atoms with Crippen molar-refractivity contribution in [2.45, 2.75) is 82.0 Å². The van der Waals surface area contributed by atoms with E-state index >= 15 is 0 Å². The minimum Gasteiger partial charge on any atom is -0.328 e. The molecule has 5 unspecified atom stereocenters. The average Bonchev–Trinajstić information content (AvgIpc) is 2.98. The quantitative estimate of drug-likeness (QED) is 0.716. The molecule has 2 saturated carbocycles. The third-order valence-electron chi connectivity index (χ3n) is 5.35. The van der Waals surface area contributed by atoms with Gasteiger partial charge in [0.1, 0.15) is 0 Å². The van der Waals surface area contributed by atoms with Gasteiger partial charge in [-0.3, -0.25) is 0 Å². The summed E-state index contributed by atoms with van der Waals surface area (Å²) in [6, 6.07) is 2.69.